The molecule has 2 aromatic heterocycles. The molecule has 2 heterocycles. The second kappa shape index (κ2) is 6.98. The summed E-state index contributed by atoms with van der Waals surface area (Å²) in [6.07, 6.45) is 0. The van der Waals surface area contributed by atoms with E-state index in [1.54, 1.807) is 0 Å². The summed E-state index contributed by atoms with van der Waals surface area (Å²) in [5, 5.41) is 5.15. The van der Waals surface area contributed by atoms with Crippen LogP contribution in [0.1, 0.15) is 13.8 Å². The SMILES string of the molecule is CC(C)(CN)Cn1c2ccccc2c2cc(-n3c4ccccc4c4ccccc43)ccc21. The zero-order chi connectivity index (χ0) is 21.9. The van der Waals surface area contributed by atoms with E-state index in [1.807, 2.05) is 0 Å². The number of hydrogen-bond acceptors (Lipinski definition) is 1. The first-order valence-electron chi connectivity index (χ1n) is 11.3. The van der Waals surface area contributed by atoms with Crippen LogP contribution in [0.15, 0.2) is 91.0 Å². The minimum absolute atomic E-state index is 0.0280. The Bertz CT molecular complexity index is 1560. The molecule has 6 rings (SSSR count). The first-order valence-corrected chi connectivity index (χ1v) is 11.3. The molecule has 3 heteroatoms. The molecule has 0 fully saturated rings. The summed E-state index contributed by atoms with van der Waals surface area (Å²) in [7, 11) is 0. The Balaban J connectivity index is 1.66. The lowest BCUT2D eigenvalue weighted by Gasteiger charge is -2.24. The maximum atomic E-state index is 6.09. The van der Waals surface area contributed by atoms with Crippen LogP contribution in [-0.4, -0.2) is 15.7 Å². The highest BCUT2D eigenvalue weighted by Crippen LogP contribution is 2.36. The fourth-order valence-electron chi connectivity index (χ4n) is 5.04. The molecule has 4 aromatic carbocycles. The van der Waals surface area contributed by atoms with Gasteiger partial charge in [0.05, 0.1) is 11.0 Å². The molecule has 0 aliphatic heterocycles. The van der Waals surface area contributed by atoms with E-state index in [1.165, 1.54) is 49.3 Å². The van der Waals surface area contributed by atoms with E-state index in [2.05, 4.69) is 114 Å². The smallest absolute Gasteiger partial charge is 0.0541 e. The molecule has 0 aliphatic rings. The third-order valence-electron chi connectivity index (χ3n) is 6.73. The third kappa shape index (κ3) is 2.78. The first kappa shape index (κ1) is 19.1. The van der Waals surface area contributed by atoms with Gasteiger partial charge in [-0.1, -0.05) is 68.4 Å². The second-order valence-corrected chi connectivity index (χ2v) is 9.54. The van der Waals surface area contributed by atoms with Crippen molar-refractivity contribution in [1.82, 2.24) is 9.13 Å². The van der Waals surface area contributed by atoms with Gasteiger partial charge in [0.1, 0.15) is 0 Å². The van der Waals surface area contributed by atoms with Crippen LogP contribution in [-0.2, 0) is 6.54 Å². The van der Waals surface area contributed by atoms with E-state index in [4.69, 9.17) is 5.73 Å². The molecule has 32 heavy (non-hydrogen) atoms. The topological polar surface area (TPSA) is 35.9 Å². The Morgan fingerprint density at radius 1 is 0.625 bits per heavy atom. The van der Waals surface area contributed by atoms with E-state index < -0.39 is 0 Å². The average Bonchev–Trinajstić information content (AvgIpc) is 3.32. The summed E-state index contributed by atoms with van der Waals surface area (Å²) in [5.41, 5.74) is 12.3. The molecular formula is C29H27N3. The van der Waals surface area contributed by atoms with Crippen molar-refractivity contribution in [3.8, 4) is 5.69 Å². The maximum Gasteiger partial charge on any atom is 0.0541 e. The highest BCUT2D eigenvalue weighted by molar-refractivity contribution is 6.11. The zero-order valence-electron chi connectivity index (χ0n) is 18.5. The summed E-state index contributed by atoms with van der Waals surface area (Å²) in [6.45, 7) is 6.02. The van der Waals surface area contributed by atoms with Crippen LogP contribution in [0.4, 0.5) is 0 Å². The van der Waals surface area contributed by atoms with Gasteiger partial charge in [0, 0.05) is 44.8 Å². The average molecular weight is 418 g/mol. The molecule has 0 atom stereocenters. The zero-order valence-corrected chi connectivity index (χ0v) is 18.5. The first-order chi connectivity index (χ1) is 15.6. The Hall–Kier alpha value is -3.56. The molecule has 3 nitrogen and oxygen atoms in total. The number of nitrogens with two attached hydrogens (primary N) is 1. The number of benzene rings is 4. The minimum atomic E-state index is 0.0280. The quantitative estimate of drug-likeness (QED) is 0.333. The van der Waals surface area contributed by atoms with E-state index in [-0.39, 0.29) is 5.41 Å². The van der Waals surface area contributed by atoms with Gasteiger partial charge in [-0.2, -0.15) is 0 Å². The molecule has 0 unspecified atom stereocenters. The Kier molecular flexibility index (Phi) is 4.17. The summed E-state index contributed by atoms with van der Waals surface area (Å²) in [5.74, 6) is 0. The van der Waals surface area contributed by atoms with E-state index in [9.17, 15) is 0 Å². The fraction of sp³-hybridized carbons (Fsp3) is 0.172. The fourth-order valence-corrected chi connectivity index (χ4v) is 5.04. The summed E-state index contributed by atoms with van der Waals surface area (Å²) in [4.78, 5) is 0. The van der Waals surface area contributed by atoms with Crippen molar-refractivity contribution in [3.63, 3.8) is 0 Å². The van der Waals surface area contributed by atoms with E-state index in [0.717, 1.165) is 6.54 Å². The van der Waals surface area contributed by atoms with Crippen LogP contribution in [0.3, 0.4) is 0 Å². The number of fused-ring (bicyclic) bond motifs is 6. The lowest BCUT2D eigenvalue weighted by Crippen LogP contribution is -2.28. The predicted octanol–water partition coefficient (Wildman–Crippen LogP) is 6.88. The van der Waals surface area contributed by atoms with Gasteiger partial charge in [0.15, 0.2) is 0 Å². The van der Waals surface area contributed by atoms with Crippen molar-refractivity contribution >= 4 is 43.6 Å². The van der Waals surface area contributed by atoms with E-state index >= 15 is 0 Å². The normalized spacial score (nSPS) is 12.5. The van der Waals surface area contributed by atoms with Crippen LogP contribution in [0.2, 0.25) is 0 Å². The van der Waals surface area contributed by atoms with Crippen molar-refractivity contribution in [1.29, 1.82) is 0 Å². The lowest BCUT2D eigenvalue weighted by molar-refractivity contribution is 0.326. The predicted molar refractivity (Wildman–Crippen MR) is 137 cm³/mol. The second-order valence-electron chi connectivity index (χ2n) is 9.54. The van der Waals surface area contributed by atoms with Gasteiger partial charge in [-0.25, -0.2) is 0 Å². The Morgan fingerprint density at radius 3 is 1.72 bits per heavy atom. The van der Waals surface area contributed by atoms with Crippen LogP contribution in [0, 0.1) is 5.41 Å². The molecule has 6 aromatic rings. The number of aromatic nitrogens is 2. The molecule has 0 spiro atoms. The van der Waals surface area contributed by atoms with Gasteiger partial charge < -0.3 is 14.9 Å². The van der Waals surface area contributed by atoms with Gasteiger partial charge >= 0.3 is 0 Å². The number of para-hydroxylation sites is 3. The van der Waals surface area contributed by atoms with Gasteiger partial charge in [0.2, 0.25) is 0 Å². The summed E-state index contributed by atoms with van der Waals surface area (Å²) < 4.78 is 4.83. The Morgan fingerprint density at radius 2 is 1.12 bits per heavy atom. The van der Waals surface area contributed by atoms with Gasteiger partial charge in [-0.3, -0.25) is 0 Å². The van der Waals surface area contributed by atoms with Crippen LogP contribution >= 0.6 is 0 Å². The molecule has 0 saturated carbocycles. The van der Waals surface area contributed by atoms with Crippen LogP contribution in [0.5, 0.6) is 0 Å². The molecular weight excluding hydrogens is 390 g/mol. The molecule has 0 amide bonds. The minimum Gasteiger partial charge on any atom is -0.340 e. The summed E-state index contributed by atoms with van der Waals surface area (Å²) in [6, 6.07) is 32.9. The van der Waals surface area contributed by atoms with Crippen molar-refractivity contribution in [2.75, 3.05) is 6.54 Å². The van der Waals surface area contributed by atoms with E-state index in [0.29, 0.717) is 6.54 Å². The number of rotatable bonds is 4. The largest absolute Gasteiger partial charge is 0.340 e. The highest BCUT2D eigenvalue weighted by Gasteiger charge is 2.21. The molecule has 158 valence electrons. The van der Waals surface area contributed by atoms with Crippen molar-refractivity contribution < 1.29 is 0 Å². The molecule has 0 bridgehead atoms. The van der Waals surface area contributed by atoms with Crippen molar-refractivity contribution in [3.05, 3.63) is 91.0 Å². The standard InChI is InChI=1S/C29H27N3/c1-29(2,18-30)19-31-25-12-6-3-11-23(25)24-17-20(15-16-26(24)31)32-27-13-7-4-9-21(27)22-10-5-8-14-28(22)32/h3-17H,18-19,30H2,1-2H3. The Labute approximate surface area is 187 Å². The number of nitrogens with zero attached hydrogens (tertiary/aromatic N) is 2. The van der Waals surface area contributed by atoms with Gasteiger partial charge in [-0.05, 0) is 48.4 Å². The van der Waals surface area contributed by atoms with Crippen LogP contribution in [0.25, 0.3) is 49.3 Å². The molecule has 0 radical (unpaired) electrons. The van der Waals surface area contributed by atoms with Crippen molar-refractivity contribution in [2.24, 2.45) is 11.1 Å². The molecule has 0 aliphatic carbocycles. The lowest BCUT2D eigenvalue weighted by atomic mass is 9.93. The molecule has 0 saturated heterocycles. The van der Waals surface area contributed by atoms with Crippen LogP contribution < -0.4 is 5.73 Å². The third-order valence-corrected chi connectivity index (χ3v) is 6.73. The highest BCUT2D eigenvalue weighted by atomic mass is 15.0. The number of hydrogen-bond donors (Lipinski definition) is 1. The van der Waals surface area contributed by atoms with Gasteiger partial charge in [-0.15, -0.1) is 0 Å². The maximum absolute atomic E-state index is 6.09. The summed E-state index contributed by atoms with van der Waals surface area (Å²) >= 11 is 0. The monoisotopic (exact) mass is 417 g/mol. The molecule has 2 N–H and O–H groups in total. The van der Waals surface area contributed by atoms with Crippen molar-refractivity contribution in [2.45, 2.75) is 20.4 Å². The van der Waals surface area contributed by atoms with Gasteiger partial charge in [0.25, 0.3) is 0 Å².